The highest BCUT2D eigenvalue weighted by Crippen LogP contribution is 2.58. The minimum absolute atomic E-state index is 0.0695. The highest BCUT2D eigenvalue weighted by Gasteiger charge is 2.52. The smallest absolute Gasteiger partial charge is 0.303 e. The zero-order valence-electron chi connectivity index (χ0n) is 10.9. The first-order valence-electron chi connectivity index (χ1n) is 7.11. The van der Waals surface area contributed by atoms with Gasteiger partial charge in [-0.2, -0.15) is 0 Å². The lowest BCUT2D eigenvalue weighted by molar-refractivity contribution is -0.0442. The molecule has 0 aliphatic heterocycles. The highest BCUT2D eigenvalue weighted by molar-refractivity contribution is 5.90. The van der Waals surface area contributed by atoms with E-state index in [1.807, 2.05) is 4.57 Å². The van der Waals surface area contributed by atoms with E-state index in [0.717, 1.165) is 17.8 Å². The average Bonchev–Trinajstić information content (AvgIpc) is 2.86. The van der Waals surface area contributed by atoms with Crippen LogP contribution >= 0.6 is 0 Å². The van der Waals surface area contributed by atoms with Crippen LogP contribution in [0.5, 0.6) is 0 Å². The molecule has 5 rings (SSSR count). The molecule has 4 fully saturated rings. The molecule has 4 aliphatic carbocycles. The minimum Gasteiger partial charge on any atom is -0.303 e. The first-order chi connectivity index (χ1) is 9.20. The van der Waals surface area contributed by atoms with E-state index in [-0.39, 0.29) is 11.4 Å². The number of nitrogens with one attached hydrogen (secondary N) is 1. The van der Waals surface area contributed by atoms with Gasteiger partial charge in [-0.1, -0.05) is 0 Å². The molecule has 4 aliphatic rings. The van der Waals surface area contributed by atoms with Crippen molar-refractivity contribution in [3.8, 4) is 0 Å². The molecule has 4 bridgehead atoms. The number of nitrogens with two attached hydrogens (primary N) is 1. The van der Waals surface area contributed by atoms with Crippen molar-refractivity contribution in [3.63, 3.8) is 0 Å². The third kappa shape index (κ3) is 1.55. The molecular weight excluding hydrogens is 242 g/mol. The Balaban J connectivity index is 1.76. The van der Waals surface area contributed by atoms with Crippen molar-refractivity contribution in [1.82, 2.24) is 20.2 Å². The van der Waals surface area contributed by atoms with E-state index in [1.54, 1.807) is 6.33 Å². The average molecular weight is 261 g/mol. The van der Waals surface area contributed by atoms with Gasteiger partial charge >= 0.3 is 5.91 Å². The summed E-state index contributed by atoms with van der Waals surface area (Å²) in [6.45, 7) is 0. The number of nitrogens with zero attached hydrogens (tertiary/aromatic N) is 3. The summed E-state index contributed by atoms with van der Waals surface area (Å²) in [6, 6.07) is 0. The molecule has 6 heteroatoms. The summed E-state index contributed by atoms with van der Waals surface area (Å²) in [7, 11) is 0. The number of carbonyl (C=O) groups is 1. The van der Waals surface area contributed by atoms with Crippen LogP contribution in [0.15, 0.2) is 6.33 Å². The summed E-state index contributed by atoms with van der Waals surface area (Å²) in [6.07, 6.45) is 9.35. The van der Waals surface area contributed by atoms with Crippen LogP contribution in [0.1, 0.15) is 49.1 Å². The summed E-state index contributed by atoms with van der Waals surface area (Å²) in [5.74, 6) is 7.73. The molecule has 19 heavy (non-hydrogen) atoms. The van der Waals surface area contributed by atoms with E-state index in [4.69, 9.17) is 5.84 Å². The van der Waals surface area contributed by atoms with Crippen molar-refractivity contribution >= 4 is 5.91 Å². The van der Waals surface area contributed by atoms with Gasteiger partial charge in [-0.15, -0.1) is 10.2 Å². The van der Waals surface area contributed by atoms with Gasteiger partial charge in [0.1, 0.15) is 6.33 Å². The fraction of sp³-hybridized carbons (Fsp3) is 0.769. The molecule has 1 aromatic heterocycles. The van der Waals surface area contributed by atoms with Gasteiger partial charge in [0.05, 0.1) is 0 Å². The van der Waals surface area contributed by atoms with Gasteiger partial charge in [-0.05, 0) is 56.3 Å². The fourth-order valence-electron chi connectivity index (χ4n) is 5.16. The van der Waals surface area contributed by atoms with Crippen LogP contribution in [-0.4, -0.2) is 20.7 Å². The van der Waals surface area contributed by atoms with Crippen molar-refractivity contribution in [2.75, 3.05) is 0 Å². The Bertz CT molecular complexity index is 488. The first kappa shape index (κ1) is 11.4. The molecule has 1 heterocycles. The van der Waals surface area contributed by atoms with Crippen molar-refractivity contribution in [3.05, 3.63) is 12.2 Å². The third-order valence-electron chi connectivity index (χ3n) is 5.40. The van der Waals surface area contributed by atoms with E-state index in [9.17, 15) is 4.79 Å². The lowest BCUT2D eigenvalue weighted by Crippen LogP contribution is -2.52. The van der Waals surface area contributed by atoms with Gasteiger partial charge in [0.25, 0.3) is 0 Å². The summed E-state index contributed by atoms with van der Waals surface area (Å²) in [4.78, 5) is 11.8. The molecule has 0 saturated heterocycles. The zero-order chi connectivity index (χ0) is 13.0. The Hall–Kier alpha value is -1.43. The number of amides is 1. The van der Waals surface area contributed by atoms with Crippen LogP contribution in [0.2, 0.25) is 0 Å². The van der Waals surface area contributed by atoms with Crippen molar-refractivity contribution in [1.29, 1.82) is 0 Å². The Kier molecular flexibility index (Phi) is 2.27. The molecule has 0 radical (unpaired) electrons. The topological polar surface area (TPSA) is 85.8 Å². The fourth-order valence-corrected chi connectivity index (χ4v) is 5.16. The molecule has 0 unspecified atom stereocenters. The maximum absolute atomic E-state index is 11.8. The maximum atomic E-state index is 11.8. The second-order valence-electron chi connectivity index (χ2n) is 6.64. The van der Waals surface area contributed by atoms with Gasteiger partial charge in [0, 0.05) is 5.54 Å². The lowest BCUT2D eigenvalue weighted by atomic mass is 9.53. The predicted octanol–water partition coefficient (Wildman–Crippen LogP) is 0.807. The number of nitrogen functional groups attached to an aromatic ring is 1. The molecule has 1 aromatic rings. The summed E-state index contributed by atoms with van der Waals surface area (Å²) < 4.78 is 2.01. The second-order valence-corrected chi connectivity index (χ2v) is 6.64. The summed E-state index contributed by atoms with van der Waals surface area (Å²) in [5, 5.41) is 7.91. The van der Waals surface area contributed by atoms with Gasteiger partial charge in [-0.25, -0.2) is 5.84 Å². The largest absolute Gasteiger partial charge is 0.303 e. The molecule has 1 amide bonds. The molecular formula is C13H19N5O. The van der Waals surface area contributed by atoms with Crippen LogP contribution < -0.4 is 11.3 Å². The number of rotatable bonds is 2. The molecule has 4 saturated carbocycles. The van der Waals surface area contributed by atoms with E-state index in [0.29, 0.717) is 5.82 Å². The standard InChI is InChI=1S/C13H19N5O/c14-16-12(19)11-17-15-7-18(11)13-4-8-1-9(5-13)3-10(2-8)6-13/h7-10H,1-6,14H2,(H,16,19). The Morgan fingerprint density at radius 3 is 2.37 bits per heavy atom. The Labute approximate surface area is 111 Å². The third-order valence-corrected chi connectivity index (χ3v) is 5.40. The minimum atomic E-state index is -0.340. The number of aromatic nitrogens is 3. The van der Waals surface area contributed by atoms with Crippen LogP contribution in [0, 0.1) is 17.8 Å². The molecule has 0 spiro atoms. The normalized spacial score (nSPS) is 39.5. The molecule has 3 N–H and O–H groups in total. The molecule has 102 valence electrons. The monoisotopic (exact) mass is 261 g/mol. The van der Waals surface area contributed by atoms with Crippen molar-refractivity contribution in [2.45, 2.75) is 44.1 Å². The van der Waals surface area contributed by atoms with Gasteiger partial charge in [0.15, 0.2) is 0 Å². The van der Waals surface area contributed by atoms with Crippen molar-refractivity contribution in [2.24, 2.45) is 23.6 Å². The van der Waals surface area contributed by atoms with Crippen LogP contribution in [0.3, 0.4) is 0 Å². The van der Waals surface area contributed by atoms with Crippen LogP contribution in [0.25, 0.3) is 0 Å². The first-order valence-corrected chi connectivity index (χ1v) is 7.11. The highest BCUT2D eigenvalue weighted by atomic mass is 16.2. The lowest BCUT2D eigenvalue weighted by Gasteiger charge is -2.57. The second kappa shape index (κ2) is 3.79. The van der Waals surface area contributed by atoms with Gasteiger partial charge in [0.2, 0.25) is 5.82 Å². The van der Waals surface area contributed by atoms with E-state index < -0.39 is 0 Å². The van der Waals surface area contributed by atoms with Gasteiger partial charge in [-0.3, -0.25) is 10.2 Å². The van der Waals surface area contributed by atoms with Crippen molar-refractivity contribution < 1.29 is 4.79 Å². The Morgan fingerprint density at radius 2 is 1.84 bits per heavy atom. The SMILES string of the molecule is NNC(=O)c1nncn1C12CC3CC(CC(C3)C1)C2. The van der Waals surface area contributed by atoms with E-state index in [2.05, 4.69) is 15.6 Å². The number of hydrogen-bond donors (Lipinski definition) is 2. The van der Waals surface area contributed by atoms with E-state index >= 15 is 0 Å². The number of hydrogen-bond acceptors (Lipinski definition) is 4. The molecule has 6 nitrogen and oxygen atoms in total. The zero-order valence-corrected chi connectivity index (χ0v) is 10.9. The van der Waals surface area contributed by atoms with Crippen LogP contribution in [-0.2, 0) is 5.54 Å². The number of carbonyl (C=O) groups excluding carboxylic acids is 1. The summed E-state index contributed by atoms with van der Waals surface area (Å²) in [5.41, 5.74) is 2.25. The maximum Gasteiger partial charge on any atom is 0.303 e. The summed E-state index contributed by atoms with van der Waals surface area (Å²) >= 11 is 0. The predicted molar refractivity (Wildman–Crippen MR) is 67.8 cm³/mol. The van der Waals surface area contributed by atoms with Crippen LogP contribution in [0.4, 0.5) is 0 Å². The molecule has 0 aromatic carbocycles. The number of hydrazine groups is 1. The quantitative estimate of drug-likeness (QED) is 0.468. The molecule has 0 atom stereocenters. The Morgan fingerprint density at radius 1 is 1.26 bits per heavy atom. The van der Waals surface area contributed by atoms with E-state index in [1.165, 1.54) is 38.5 Å². The van der Waals surface area contributed by atoms with Gasteiger partial charge < -0.3 is 4.57 Å².